The number of rotatable bonds is 27. The molecule has 0 aromatic rings. The van der Waals surface area contributed by atoms with E-state index in [2.05, 4.69) is 21.3 Å². The van der Waals surface area contributed by atoms with Crippen molar-refractivity contribution in [3.05, 3.63) is 0 Å². The summed E-state index contributed by atoms with van der Waals surface area (Å²) < 4.78 is 45.2. The molecule has 0 aliphatic carbocycles. The average Bonchev–Trinajstić information content (AvgIpc) is 3.43. The third-order valence-corrected chi connectivity index (χ3v) is 13.5. The van der Waals surface area contributed by atoms with Gasteiger partial charge in [0.15, 0.2) is 12.6 Å². The summed E-state index contributed by atoms with van der Waals surface area (Å²) in [4.78, 5) is 74.4. The maximum absolute atomic E-state index is 12.8. The molecule has 0 spiro atoms. The summed E-state index contributed by atoms with van der Waals surface area (Å²) in [6.07, 6.45) is -44.7. The number of ether oxygens (including phenoxy) is 8. The molecule has 4 rings (SSSR count). The number of carbonyl (C=O) groups excluding carboxylic acids is 4. The normalized spacial score (nSPS) is 37.8. The molecule has 0 unspecified atom stereocenters. The second kappa shape index (κ2) is 29.4. The first kappa shape index (κ1) is 68.4. The molecular weight excluding hydrogens is 1100 g/mol. The van der Waals surface area contributed by atoms with Gasteiger partial charge in [0.1, 0.15) is 104 Å². The Labute approximate surface area is 453 Å². The number of amides is 4. The summed E-state index contributed by atoms with van der Waals surface area (Å²) in [6, 6.07) is -6.98. The van der Waals surface area contributed by atoms with Crippen molar-refractivity contribution in [1.82, 2.24) is 21.3 Å². The van der Waals surface area contributed by atoms with Gasteiger partial charge in [-0.15, -0.1) is 0 Å². The van der Waals surface area contributed by atoms with Crippen molar-refractivity contribution < 1.29 is 159 Å². The van der Waals surface area contributed by atoms with Crippen LogP contribution < -0.4 is 21.3 Å². The predicted octanol–water partition coefficient (Wildman–Crippen LogP) is -13.3. The zero-order valence-electron chi connectivity index (χ0n) is 43.3. The van der Waals surface area contributed by atoms with Gasteiger partial charge in [0.2, 0.25) is 23.6 Å². The van der Waals surface area contributed by atoms with E-state index in [0.717, 1.165) is 27.7 Å². The Hall–Kier alpha value is -4.14. The number of hydrogen-bond acceptors (Lipinski definition) is 30. The minimum absolute atomic E-state index is 0.804. The minimum Gasteiger partial charge on any atom is -0.477 e. The first-order chi connectivity index (χ1) is 37.3. The fraction of sp³-hybridized carbons (Fsp3) is 0.864. The number of carboxylic acids is 2. The molecule has 0 bridgehead atoms. The molecule has 0 saturated carbocycles. The van der Waals surface area contributed by atoms with Crippen LogP contribution in [0.5, 0.6) is 0 Å². The molecule has 80 heavy (non-hydrogen) atoms. The highest BCUT2D eigenvalue weighted by Crippen LogP contribution is 2.37. The molecule has 0 aromatic carbocycles. The Balaban J connectivity index is 1.62. The molecule has 4 amide bonds. The molecule has 26 atom stereocenters. The van der Waals surface area contributed by atoms with Gasteiger partial charge in [-0.1, -0.05) is 0 Å². The lowest BCUT2D eigenvalue weighted by Crippen LogP contribution is -2.69. The first-order valence-electron chi connectivity index (χ1n) is 24.7. The number of aliphatic hydroxyl groups is 16. The van der Waals surface area contributed by atoms with Crippen molar-refractivity contribution in [2.75, 3.05) is 39.6 Å². The monoisotopic (exact) mass is 1170 g/mol. The second-order valence-corrected chi connectivity index (χ2v) is 19.6. The van der Waals surface area contributed by atoms with Crippen LogP contribution in [0.4, 0.5) is 0 Å². The Morgan fingerprint density at radius 3 is 1.45 bits per heavy atom. The zero-order valence-corrected chi connectivity index (χ0v) is 43.3. The minimum atomic E-state index is -3.07. The summed E-state index contributed by atoms with van der Waals surface area (Å²) in [5, 5.41) is 201. The van der Waals surface area contributed by atoms with Crippen LogP contribution in [0.25, 0.3) is 0 Å². The standard InChI is InChI=1S/C44H74N4O32/c1-13(53)45-17(7-49)35(30(64)22(61)11-73-43(41(69)70)5-18(57)25(46-14(2)54)37(79-43)28(62)20(59)8-50)77-39-27(48-16(4)56)32(66)36(23(10-52)75-39)78-40-34(68)33(67)31(65)24(76-40)12-74-44(42(71)72)6-19(58)26(47-15(3)55)38(80-44)29(63)21(60)9-51/h17-40,49-52,57-68H,5-12H2,1-4H3,(H,45,53)(H,46,54)(H,47,55)(H,48,56)(H,69,70)(H,71,72)/t17-,18-,19-,20+,21+,22+,23+,24+,25+,26+,27+,28+,29+,30-,31-,32+,33-,34+,35+,36+,37+,38+,39-,40-,43+,44+/m0/s1. The van der Waals surface area contributed by atoms with E-state index in [0.29, 0.717) is 0 Å². The zero-order chi connectivity index (χ0) is 60.5. The average molecular weight is 1170 g/mol. The molecule has 4 aliphatic heterocycles. The summed E-state index contributed by atoms with van der Waals surface area (Å²) in [6.45, 7) is -3.18. The summed E-state index contributed by atoms with van der Waals surface area (Å²) in [5.74, 6) is -13.6. The molecule has 4 fully saturated rings. The quantitative estimate of drug-likeness (QED) is 0.0363. The van der Waals surface area contributed by atoms with E-state index >= 15 is 0 Å². The molecule has 36 nitrogen and oxygen atoms in total. The number of nitrogens with one attached hydrogen (secondary N) is 4. The Morgan fingerprint density at radius 1 is 0.562 bits per heavy atom. The van der Waals surface area contributed by atoms with E-state index in [1.165, 1.54) is 0 Å². The third-order valence-electron chi connectivity index (χ3n) is 13.5. The summed E-state index contributed by atoms with van der Waals surface area (Å²) in [7, 11) is 0. The second-order valence-electron chi connectivity index (χ2n) is 19.6. The highest BCUT2D eigenvalue weighted by Gasteiger charge is 2.59. The van der Waals surface area contributed by atoms with Gasteiger partial charge < -0.3 is 151 Å². The number of hydrogen-bond donors (Lipinski definition) is 22. The van der Waals surface area contributed by atoms with E-state index in [1.807, 2.05) is 0 Å². The van der Waals surface area contributed by atoms with Gasteiger partial charge in [-0.3, -0.25) is 19.2 Å². The van der Waals surface area contributed by atoms with Crippen LogP contribution in [0.3, 0.4) is 0 Å². The van der Waals surface area contributed by atoms with Crippen molar-refractivity contribution in [2.45, 2.75) is 199 Å². The van der Waals surface area contributed by atoms with Gasteiger partial charge in [-0.05, 0) is 0 Å². The Bertz CT molecular complexity index is 2070. The van der Waals surface area contributed by atoms with Crippen LogP contribution in [0.1, 0.15) is 40.5 Å². The first-order valence-corrected chi connectivity index (χ1v) is 24.7. The van der Waals surface area contributed by atoms with E-state index in [9.17, 15) is 121 Å². The van der Waals surface area contributed by atoms with E-state index in [-0.39, 0.29) is 0 Å². The molecule has 22 N–H and O–H groups in total. The lowest BCUT2D eigenvalue weighted by Gasteiger charge is -2.49. The lowest BCUT2D eigenvalue weighted by molar-refractivity contribution is -0.363. The maximum Gasteiger partial charge on any atom is 0.364 e. The van der Waals surface area contributed by atoms with Gasteiger partial charge in [-0.2, -0.15) is 0 Å². The van der Waals surface area contributed by atoms with Gasteiger partial charge in [0.25, 0.3) is 11.6 Å². The highest BCUT2D eigenvalue weighted by atomic mass is 16.8. The van der Waals surface area contributed by atoms with Gasteiger partial charge in [0.05, 0.1) is 70.0 Å². The smallest absolute Gasteiger partial charge is 0.364 e. The predicted molar refractivity (Wildman–Crippen MR) is 250 cm³/mol. The molecule has 4 saturated heterocycles. The third kappa shape index (κ3) is 16.1. The highest BCUT2D eigenvalue weighted by molar-refractivity contribution is 5.77. The Kier molecular flexibility index (Phi) is 25.1. The molecule has 4 aliphatic rings. The van der Waals surface area contributed by atoms with Crippen LogP contribution in [-0.4, -0.2) is 325 Å². The van der Waals surface area contributed by atoms with Gasteiger partial charge in [-0.25, -0.2) is 9.59 Å². The fourth-order valence-electron chi connectivity index (χ4n) is 9.43. The van der Waals surface area contributed by atoms with Crippen LogP contribution >= 0.6 is 0 Å². The number of carbonyl (C=O) groups is 6. The summed E-state index contributed by atoms with van der Waals surface area (Å²) in [5.41, 5.74) is 0. The van der Waals surface area contributed by atoms with Crippen molar-refractivity contribution >= 4 is 35.6 Å². The van der Waals surface area contributed by atoms with E-state index in [1.54, 1.807) is 0 Å². The summed E-state index contributed by atoms with van der Waals surface area (Å²) >= 11 is 0. The van der Waals surface area contributed by atoms with E-state index < -0.39 is 246 Å². The fourth-order valence-corrected chi connectivity index (χ4v) is 9.43. The van der Waals surface area contributed by atoms with Gasteiger partial charge >= 0.3 is 11.9 Å². The molecule has 462 valence electrons. The van der Waals surface area contributed by atoms with Crippen LogP contribution in [0.2, 0.25) is 0 Å². The largest absolute Gasteiger partial charge is 0.477 e. The topological polar surface area (TPSA) is 589 Å². The van der Waals surface area contributed by atoms with Crippen LogP contribution in [-0.2, 0) is 66.7 Å². The van der Waals surface area contributed by atoms with Crippen LogP contribution in [0, 0.1) is 0 Å². The molecule has 0 radical (unpaired) electrons. The van der Waals surface area contributed by atoms with Crippen molar-refractivity contribution in [3.63, 3.8) is 0 Å². The molecular formula is C44H74N4O32. The number of aliphatic hydroxyl groups excluding tert-OH is 16. The molecule has 36 heteroatoms. The van der Waals surface area contributed by atoms with Gasteiger partial charge in [0, 0.05) is 40.5 Å². The molecule has 4 heterocycles. The molecule has 0 aromatic heterocycles. The van der Waals surface area contributed by atoms with Crippen molar-refractivity contribution in [3.8, 4) is 0 Å². The van der Waals surface area contributed by atoms with Crippen molar-refractivity contribution in [2.24, 2.45) is 0 Å². The SMILES string of the molecule is CC(=O)N[C@H]1[C@H](O[C@@H]([C@@H](O)[C@H](O)CO[C@]2(C(=O)O)C[C@H](O)[C@@H](NC(C)=O)[C@H]([C@H](O)[C@H](O)CO)O2)[C@H](CO)NC(C)=O)O[C@H](CO)[C@@H](O[C@@H]2O[C@H](CO[C@]3(C(=O)O)C[C@H](O)[C@@H](NC(C)=O)[C@H]([C@H](O)[C@H](O)CO)O3)[C@H](O)[C@H](O)[C@H]2O)[C@@H]1O. The van der Waals surface area contributed by atoms with Crippen LogP contribution in [0.15, 0.2) is 0 Å². The number of carboxylic acid groups (broad SMARTS) is 2. The maximum atomic E-state index is 12.8. The lowest BCUT2D eigenvalue weighted by atomic mass is 9.88. The van der Waals surface area contributed by atoms with E-state index in [4.69, 9.17) is 37.9 Å². The number of aliphatic carboxylic acids is 2. The Morgan fingerprint density at radius 2 is 1.02 bits per heavy atom. The van der Waals surface area contributed by atoms with Crippen molar-refractivity contribution in [1.29, 1.82) is 0 Å².